The predicted octanol–water partition coefficient (Wildman–Crippen LogP) is 6.03. The number of hydrogen-bond donors (Lipinski definition) is 2. The molecule has 0 radical (unpaired) electrons. The summed E-state index contributed by atoms with van der Waals surface area (Å²) in [5.41, 5.74) is 0.315. The third-order valence-corrected chi connectivity index (χ3v) is 11.4. The first-order valence-electron chi connectivity index (χ1n) is 13.6. The fourth-order valence-electron chi connectivity index (χ4n) is 9.47. The van der Waals surface area contributed by atoms with Gasteiger partial charge in [0.15, 0.2) is 0 Å². The highest BCUT2D eigenvalue weighted by atomic mass is 16.3. The van der Waals surface area contributed by atoms with E-state index in [2.05, 4.69) is 53.7 Å². The summed E-state index contributed by atoms with van der Waals surface area (Å²) in [4.78, 5) is 13.3. The molecule has 0 bridgehead atoms. The van der Waals surface area contributed by atoms with E-state index in [0.717, 1.165) is 32.1 Å². The van der Waals surface area contributed by atoms with Crippen molar-refractivity contribution in [3.05, 3.63) is 12.2 Å². The lowest BCUT2D eigenvalue weighted by atomic mass is 9.45. The number of aliphatic hydroxyl groups is 2. The molecule has 0 amide bonds. The molecule has 4 aliphatic carbocycles. The summed E-state index contributed by atoms with van der Waals surface area (Å²) in [5.74, 6) is 3.50. The Morgan fingerprint density at radius 2 is 1.69 bits per heavy atom. The molecule has 182 valence electrons. The van der Waals surface area contributed by atoms with Gasteiger partial charge in [-0.05, 0) is 90.8 Å². The number of fused-ring (bicyclic) bond motifs is 5. The van der Waals surface area contributed by atoms with Gasteiger partial charge in [0.1, 0.15) is 5.78 Å². The Morgan fingerprint density at radius 1 is 1.00 bits per heavy atom. The van der Waals surface area contributed by atoms with Gasteiger partial charge in [0.05, 0.1) is 12.2 Å². The van der Waals surface area contributed by atoms with Gasteiger partial charge in [-0.15, -0.1) is 0 Å². The number of ketones is 1. The smallest absolute Gasteiger partial charge is 0.137 e. The second kappa shape index (κ2) is 8.84. The van der Waals surface area contributed by atoms with Crippen LogP contribution in [0.1, 0.15) is 92.9 Å². The topological polar surface area (TPSA) is 57.5 Å². The van der Waals surface area contributed by atoms with Gasteiger partial charge in [-0.1, -0.05) is 60.1 Å². The minimum Gasteiger partial charge on any atom is -0.390 e. The normalized spacial score (nSPS) is 45.0. The van der Waals surface area contributed by atoms with E-state index in [1.807, 2.05) is 0 Å². The number of carbonyl (C=O) groups excluding carboxylic acids is 1. The maximum atomic E-state index is 13.3. The maximum Gasteiger partial charge on any atom is 0.137 e. The van der Waals surface area contributed by atoms with E-state index < -0.39 is 12.2 Å². The SMILES string of the molecule is CC[C@@H](C(C)C)[C@H](O)[C@@H](O)[C@@H](C)[C@H]1CC[C@H]2[C@@H]3CC(=O)C4CC=CC[C@]4(C)[C@H]3CC[C@]12C. The number of hydrogen-bond acceptors (Lipinski definition) is 3. The van der Waals surface area contributed by atoms with Crippen LogP contribution in [0.3, 0.4) is 0 Å². The molecule has 3 heteroatoms. The standard InChI is InChI=1S/C29H48O3/c1-7-19(17(2)3)27(32)26(31)18(4)21-11-12-22-20-16-25(30)24-10-8-9-14-28(24,5)23(20)13-15-29(21,22)6/h8-9,17-24,26-27,31-32H,7,10-16H2,1-6H3/t18-,19-,20-,21+,22-,23-,24?,26-,27-,28+,29+/m0/s1. The number of carbonyl (C=O) groups is 1. The first-order valence-corrected chi connectivity index (χ1v) is 13.6. The van der Waals surface area contributed by atoms with Gasteiger partial charge in [-0.25, -0.2) is 0 Å². The lowest BCUT2D eigenvalue weighted by molar-refractivity contribution is -0.151. The van der Waals surface area contributed by atoms with Crippen LogP contribution in [0.4, 0.5) is 0 Å². The molecule has 0 aromatic rings. The van der Waals surface area contributed by atoms with Crippen molar-refractivity contribution < 1.29 is 15.0 Å². The van der Waals surface area contributed by atoms with Crippen molar-refractivity contribution in [2.75, 3.05) is 0 Å². The fraction of sp³-hybridized carbons (Fsp3) is 0.897. The zero-order valence-corrected chi connectivity index (χ0v) is 21.4. The van der Waals surface area contributed by atoms with Gasteiger partial charge < -0.3 is 10.2 Å². The average molecular weight is 445 g/mol. The van der Waals surface area contributed by atoms with E-state index >= 15 is 0 Å². The van der Waals surface area contributed by atoms with Crippen LogP contribution in [0, 0.1) is 58.2 Å². The van der Waals surface area contributed by atoms with Crippen LogP contribution < -0.4 is 0 Å². The average Bonchev–Trinajstić information content (AvgIpc) is 3.10. The van der Waals surface area contributed by atoms with Crippen LogP contribution in [-0.2, 0) is 4.79 Å². The Kier molecular flexibility index (Phi) is 6.75. The van der Waals surface area contributed by atoms with Gasteiger partial charge >= 0.3 is 0 Å². The van der Waals surface area contributed by atoms with Crippen molar-refractivity contribution in [2.24, 2.45) is 58.2 Å². The van der Waals surface area contributed by atoms with Gasteiger partial charge in [0.2, 0.25) is 0 Å². The van der Waals surface area contributed by atoms with Crippen molar-refractivity contribution in [1.82, 2.24) is 0 Å². The van der Waals surface area contributed by atoms with Crippen molar-refractivity contribution >= 4 is 5.78 Å². The summed E-state index contributed by atoms with van der Waals surface area (Å²) in [6.07, 6.45) is 11.7. The number of allylic oxidation sites excluding steroid dienone is 2. The second-order valence-electron chi connectivity index (χ2n) is 12.9. The van der Waals surface area contributed by atoms with Crippen LogP contribution in [0.5, 0.6) is 0 Å². The van der Waals surface area contributed by atoms with E-state index in [4.69, 9.17) is 0 Å². The Morgan fingerprint density at radius 3 is 2.34 bits per heavy atom. The molecule has 32 heavy (non-hydrogen) atoms. The van der Waals surface area contributed by atoms with Crippen molar-refractivity contribution in [2.45, 2.75) is 105 Å². The summed E-state index contributed by atoms with van der Waals surface area (Å²) in [7, 11) is 0. The van der Waals surface area contributed by atoms with E-state index in [0.29, 0.717) is 35.4 Å². The second-order valence-corrected chi connectivity index (χ2v) is 12.9. The highest BCUT2D eigenvalue weighted by molar-refractivity contribution is 5.83. The van der Waals surface area contributed by atoms with Crippen LogP contribution in [0.2, 0.25) is 0 Å². The zero-order valence-electron chi connectivity index (χ0n) is 21.4. The minimum absolute atomic E-state index is 0.0876. The fourth-order valence-corrected chi connectivity index (χ4v) is 9.47. The van der Waals surface area contributed by atoms with Gasteiger partial charge in [0.25, 0.3) is 0 Å². The molecule has 0 spiro atoms. The molecule has 3 nitrogen and oxygen atoms in total. The van der Waals surface area contributed by atoms with Crippen LogP contribution in [-0.4, -0.2) is 28.2 Å². The lowest BCUT2D eigenvalue weighted by Crippen LogP contribution is -2.56. The first kappa shape index (κ1) is 24.5. The molecular weight excluding hydrogens is 396 g/mol. The van der Waals surface area contributed by atoms with Gasteiger partial charge in [-0.2, -0.15) is 0 Å². The zero-order chi connectivity index (χ0) is 23.4. The molecule has 3 fully saturated rings. The molecule has 3 saturated carbocycles. The third kappa shape index (κ3) is 3.65. The Bertz CT molecular complexity index is 728. The monoisotopic (exact) mass is 444 g/mol. The minimum atomic E-state index is -0.668. The Hall–Kier alpha value is -0.670. The van der Waals surface area contributed by atoms with E-state index in [1.165, 1.54) is 19.3 Å². The molecule has 0 saturated heterocycles. The van der Waals surface area contributed by atoms with Gasteiger partial charge in [-0.3, -0.25) is 4.79 Å². The largest absolute Gasteiger partial charge is 0.390 e. The first-order chi connectivity index (χ1) is 15.1. The molecule has 11 atom stereocenters. The molecule has 0 aromatic carbocycles. The molecule has 0 aromatic heterocycles. The van der Waals surface area contributed by atoms with Crippen molar-refractivity contribution in [3.63, 3.8) is 0 Å². The molecule has 1 unspecified atom stereocenters. The van der Waals surface area contributed by atoms with Crippen LogP contribution in [0.25, 0.3) is 0 Å². The molecule has 4 aliphatic rings. The quantitative estimate of drug-likeness (QED) is 0.492. The molecule has 4 rings (SSSR count). The number of aliphatic hydroxyl groups excluding tert-OH is 2. The summed E-state index contributed by atoms with van der Waals surface area (Å²) >= 11 is 0. The van der Waals surface area contributed by atoms with Crippen LogP contribution >= 0.6 is 0 Å². The highest BCUT2D eigenvalue weighted by Gasteiger charge is 2.62. The third-order valence-electron chi connectivity index (χ3n) is 11.4. The molecule has 0 heterocycles. The number of rotatable bonds is 6. The molecule has 0 aliphatic heterocycles. The predicted molar refractivity (Wildman–Crippen MR) is 130 cm³/mol. The summed E-state index contributed by atoms with van der Waals surface area (Å²) in [5, 5.41) is 22.3. The lowest BCUT2D eigenvalue weighted by Gasteiger charge is -2.59. The maximum absolute atomic E-state index is 13.3. The van der Waals surface area contributed by atoms with E-state index in [1.54, 1.807) is 0 Å². The van der Waals surface area contributed by atoms with E-state index in [9.17, 15) is 15.0 Å². The van der Waals surface area contributed by atoms with Crippen molar-refractivity contribution in [3.8, 4) is 0 Å². The summed E-state index contributed by atoms with van der Waals surface area (Å²) < 4.78 is 0. The van der Waals surface area contributed by atoms with E-state index in [-0.39, 0.29) is 28.6 Å². The Labute approximate surface area is 196 Å². The Balaban J connectivity index is 1.55. The number of Topliss-reactive ketones (excluding diaryl/α,β-unsaturated/α-hetero) is 1. The molecular formula is C29H48O3. The highest BCUT2D eigenvalue weighted by Crippen LogP contribution is 2.67. The summed E-state index contributed by atoms with van der Waals surface area (Å²) in [6.45, 7) is 13.5. The summed E-state index contributed by atoms with van der Waals surface area (Å²) in [6, 6.07) is 0. The van der Waals surface area contributed by atoms with Gasteiger partial charge in [0, 0.05) is 12.3 Å². The molecule has 2 N–H and O–H groups in total. The van der Waals surface area contributed by atoms with Crippen LogP contribution in [0.15, 0.2) is 12.2 Å². The van der Waals surface area contributed by atoms with Crippen molar-refractivity contribution in [1.29, 1.82) is 0 Å².